The molecule has 1 aromatic rings. The summed E-state index contributed by atoms with van der Waals surface area (Å²) >= 11 is 0. The molecule has 3 rings (SSSR count). The molecule has 0 bridgehead atoms. The van der Waals surface area contributed by atoms with Crippen molar-refractivity contribution in [1.82, 2.24) is 9.29 Å². The number of aromatic nitrogens is 1. The van der Waals surface area contributed by atoms with Crippen LogP contribution < -0.4 is 5.32 Å². The van der Waals surface area contributed by atoms with Gasteiger partial charge in [-0.2, -0.15) is 4.31 Å². The summed E-state index contributed by atoms with van der Waals surface area (Å²) in [5.74, 6) is 1.28. The fourth-order valence-corrected chi connectivity index (χ4v) is 4.08. The summed E-state index contributed by atoms with van der Waals surface area (Å²) in [5, 5.41) is 3.30. The van der Waals surface area contributed by atoms with E-state index in [-0.39, 0.29) is 5.60 Å². The first-order chi connectivity index (χ1) is 10.00. The van der Waals surface area contributed by atoms with E-state index in [0.717, 1.165) is 31.8 Å². The van der Waals surface area contributed by atoms with Gasteiger partial charge in [-0.3, -0.25) is 0 Å². The van der Waals surface area contributed by atoms with Crippen molar-refractivity contribution in [3.05, 3.63) is 24.4 Å². The van der Waals surface area contributed by atoms with E-state index in [1.165, 1.54) is 10.6 Å². The minimum absolute atomic E-state index is 0.255. The molecule has 2 aliphatic heterocycles. The molecule has 2 fully saturated rings. The van der Waals surface area contributed by atoms with E-state index in [4.69, 9.17) is 4.74 Å². The molecule has 0 unspecified atom stereocenters. The smallest absolute Gasteiger partial charge is 0.211 e. The second kappa shape index (κ2) is 5.55. The Labute approximate surface area is 125 Å². The molecular weight excluding hydrogens is 290 g/mol. The molecule has 1 atom stereocenters. The van der Waals surface area contributed by atoms with Crippen molar-refractivity contribution in [3.8, 4) is 0 Å². The standard InChI is InChI=1S/C14H21N3O3S/c1-21(18,19)17-10-14(11-17)12(6-9-20-14)5-8-16-13-4-2-3-7-15-13/h2-4,7,12H,5-6,8-11H2,1H3,(H,15,16)/t12-/m1/s1. The van der Waals surface area contributed by atoms with Crippen molar-refractivity contribution in [2.24, 2.45) is 5.92 Å². The maximum absolute atomic E-state index is 11.5. The molecule has 0 saturated carbocycles. The van der Waals surface area contributed by atoms with E-state index in [1.807, 2.05) is 18.2 Å². The lowest BCUT2D eigenvalue weighted by Crippen LogP contribution is -2.65. The zero-order valence-corrected chi connectivity index (χ0v) is 13.0. The van der Waals surface area contributed by atoms with Crippen LogP contribution in [0.25, 0.3) is 0 Å². The molecule has 116 valence electrons. The van der Waals surface area contributed by atoms with Crippen molar-refractivity contribution >= 4 is 15.8 Å². The van der Waals surface area contributed by atoms with Gasteiger partial charge in [-0.1, -0.05) is 6.07 Å². The molecule has 0 radical (unpaired) electrons. The molecule has 0 aliphatic carbocycles. The molecule has 1 aromatic heterocycles. The Balaban J connectivity index is 1.52. The molecule has 1 N–H and O–H groups in total. The first-order valence-corrected chi connectivity index (χ1v) is 9.08. The monoisotopic (exact) mass is 311 g/mol. The Kier molecular flexibility index (Phi) is 3.90. The van der Waals surface area contributed by atoms with Gasteiger partial charge < -0.3 is 10.1 Å². The van der Waals surface area contributed by atoms with Crippen LogP contribution in [0.4, 0.5) is 5.82 Å². The van der Waals surface area contributed by atoms with Crippen LogP contribution in [0.3, 0.4) is 0 Å². The third-order valence-electron chi connectivity index (χ3n) is 4.42. The second-order valence-electron chi connectivity index (χ2n) is 5.86. The first kappa shape index (κ1) is 14.7. The normalized spacial score (nSPS) is 24.9. The molecule has 21 heavy (non-hydrogen) atoms. The number of hydrogen-bond donors (Lipinski definition) is 1. The molecule has 1 spiro atoms. The Hall–Kier alpha value is -1.18. The van der Waals surface area contributed by atoms with E-state index >= 15 is 0 Å². The lowest BCUT2D eigenvalue weighted by atomic mass is 9.80. The quantitative estimate of drug-likeness (QED) is 0.876. The minimum atomic E-state index is -3.09. The van der Waals surface area contributed by atoms with E-state index in [9.17, 15) is 8.42 Å². The van der Waals surface area contributed by atoms with Gasteiger partial charge in [0.2, 0.25) is 10.0 Å². The van der Waals surface area contributed by atoms with Gasteiger partial charge >= 0.3 is 0 Å². The predicted molar refractivity (Wildman–Crippen MR) is 80.6 cm³/mol. The van der Waals surface area contributed by atoms with Gasteiger partial charge in [-0.15, -0.1) is 0 Å². The number of nitrogens with zero attached hydrogens (tertiary/aromatic N) is 2. The van der Waals surface area contributed by atoms with Crippen LogP contribution in [-0.4, -0.2) is 55.8 Å². The maximum Gasteiger partial charge on any atom is 0.211 e. The van der Waals surface area contributed by atoms with Gasteiger partial charge in [0.25, 0.3) is 0 Å². The topological polar surface area (TPSA) is 71.5 Å². The molecule has 0 aromatic carbocycles. The van der Waals surface area contributed by atoms with Crippen molar-refractivity contribution in [2.75, 3.05) is 37.8 Å². The number of sulfonamides is 1. The zero-order chi connectivity index (χ0) is 14.9. The van der Waals surface area contributed by atoms with Crippen LogP contribution in [0.1, 0.15) is 12.8 Å². The van der Waals surface area contributed by atoms with E-state index in [1.54, 1.807) is 6.20 Å². The number of pyridine rings is 1. The molecule has 3 heterocycles. The zero-order valence-electron chi connectivity index (χ0n) is 12.2. The summed E-state index contributed by atoms with van der Waals surface area (Å²) in [7, 11) is -3.09. The molecule has 2 aliphatic rings. The van der Waals surface area contributed by atoms with Crippen molar-refractivity contribution in [3.63, 3.8) is 0 Å². The van der Waals surface area contributed by atoms with Crippen molar-refractivity contribution < 1.29 is 13.2 Å². The van der Waals surface area contributed by atoms with Crippen molar-refractivity contribution in [1.29, 1.82) is 0 Å². The molecule has 7 heteroatoms. The fourth-order valence-electron chi connectivity index (χ4n) is 3.17. The average Bonchev–Trinajstić information content (AvgIpc) is 2.81. The Morgan fingerprint density at radius 2 is 2.29 bits per heavy atom. The molecule has 6 nitrogen and oxygen atoms in total. The van der Waals surface area contributed by atoms with Gasteiger partial charge in [0.15, 0.2) is 0 Å². The van der Waals surface area contributed by atoms with E-state index < -0.39 is 10.0 Å². The largest absolute Gasteiger partial charge is 0.372 e. The van der Waals surface area contributed by atoms with E-state index in [2.05, 4.69) is 10.3 Å². The first-order valence-electron chi connectivity index (χ1n) is 7.24. The number of ether oxygens (including phenoxy) is 1. The van der Waals surface area contributed by atoms with Crippen LogP contribution >= 0.6 is 0 Å². The summed E-state index contributed by atoms with van der Waals surface area (Å²) in [6.07, 6.45) is 4.99. The Morgan fingerprint density at radius 3 is 2.95 bits per heavy atom. The average molecular weight is 311 g/mol. The lowest BCUT2D eigenvalue weighted by Gasteiger charge is -2.48. The molecular formula is C14H21N3O3S. The van der Waals surface area contributed by atoms with Gasteiger partial charge in [0.1, 0.15) is 5.82 Å². The van der Waals surface area contributed by atoms with Gasteiger partial charge in [-0.25, -0.2) is 13.4 Å². The van der Waals surface area contributed by atoms with Crippen LogP contribution in [0.15, 0.2) is 24.4 Å². The van der Waals surface area contributed by atoms with Gasteiger partial charge in [-0.05, 0) is 30.9 Å². The Morgan fingerprint density at radius 1 is 1.48 bits per heavy atom. The van der Waals surface area contributed by atoms with Crippen LogP contribution in [0.5, 0.6) is 0 Å². The lowest BCUT2D eigenvalue weighted by molar-refractivity contribution is -0.101. The van der Waals surface area contributed by atoms with E-state index in [0.29, 0.717) is 19.0 Å². The number of anilines is 1. The predicted octanol–water partition coefficient (Wildman–Crippen LogP) is 0.934. The van der Waals surface area contributed by atoms with Crippen LogP contribution in [0, 0.1) is 5.92 Å². The summed E-state index contributed by atoms with van der Waals surface area (Å²) in [6, 6.07) is 5.78. The molecule has 0 amide bonds. The summed E-state index contributed by atoms with van der Waals surface area (Å²) in [6.45, 7) is 2.55. The fraction of sp³-hybridized carbons (Fsp3) is 0.643. The number of rotatable bonds is 5. The maximum atomic E-state index is 11.5. The van der Waals surface area contributed by atoms with Gasteiger partial charge in [0, 0.05) is 32.4 Å². The highest BCUT2D eigenvalue weighted by molar-refractivity contribution is 7.88. The Bertz CT molecular complexity index is 585. The summed E-state index contributed by atoms with van der Waals surface area (Å²) < 4.78 is 30.4. The highest BCUT2D eigenvalue weighted by Crippen LogP contribution is 2.42. The van der Waals surface area contributed by atoms with Crippen LogP contribution in [0.2, 0.25) is 0 Å². The number of hydrogen-bond acceptors (Lipinski definition) is 5. The minimum Gasteiger partial charge on any atom is -0.372 e. The summed E-state index contributed by atoms with van der Waals surface area (Å²) in [5.41, 5.74) is -0.255. The van der Waals surface area contributed by atoms with Crippen LogP contribution in [-0.2, 0) is 14.8 Å². The highest BCUT2D eigenvalue weighted by atomic mass is 32.2. The number of nitrogens with one attached hydrogen (secondary N) is 1. The summed E-state index contributed by atoms with van der Waals surface area (Å²) in [4.78, 5) is 4.23. The van der Waals surface area contributed by atoms with Crippen molar-refractivity contribution in [2.45, 2.75) is 18.4 Å². The molecule has 2 saturated heterocycles. The second-order valence-corrected chi connectivity index (χ2v) is 7.84. The third kappa shape index (κ3) is 3.04. The third-order valence-corrected chi connectivity index (χ3v) is 5.62. The SMILES string of the molecule is CS(=O)(=O)N1CC2(C1)OCC[C@H]2CCNc1ccccn1. The van der Waals surface area contributed by atoms with Gasteiger partial charge in [0.05, 0.1) is 11.9 Å². The highest BCUT2D eigenvalue weighted by Gasteiger charge is 2.55.